The summed E-state index contributed by atoms with van der Waals surface area (Å²) < 4.78 is 27.9. The summed E-state index contributed by atoms with van der Waals surface area (Å²) in [5.74, 6) is -2.45. The van der Waals surface area contributed by atoms with Gasteiger partial charge in [-0.3, -0.25) is 33.6 Å². The zero-order valence-corrected chi connectivity index (χ0v) is 36.7. The predicted octanol–water partition coefficient (Wildman–Crippen LogP) is 4.00. The van der Waals surface area contributed by atoms with Gasteiger partial charge in [0.15, 0.2) is 0 Å². The number of hydrogen-bond donors (Lipinski definition) is 4. The van der Waals surface area contributed by atoms with Crippen LogP contribution in [0.3, 0.4) is 0 Å². The highest BCUT2D eigenvalue weighted by Crippen LogP contribution is 2.88. The average Bonchev–Trinajstić information content (AvgIpc) is 4.02. The molecule has 4 N–H and O–H groups in total. The van der Waals surface area contributed by atoms with Gasteiger partial charge in [0.1, 0.15) is 23.7 Å². The lowest BCUT2D eigenvalue weighted by Crippen LogP contribution is -2.64. The van der Waals surface area contributed by atoms with Gasteiger partial charge in [-0.2, -0.15) is 0 Å². The van der Waals surface area contributed by atoms with Gasteiger partial charge < -0.3 is 20.9 Å². The Balaban J connectivity index is 1.27. The Morgan fingerprint density at radius 3 is 1.89 bits per heavy atom. The molecule has 13 nitrogen and oxygen atoms in total. The van der Waals surface area contributed by atoms with Gasteiger partial charge in [-0.15, -0.1) is 0 Å². The highest BCUT2D eigenvalue weighted by Gasteiger charge is 2.85. The number of carbonyl (C=O) groups excluding carboxylic acids is 5. The molecule has 316 valence electrons. The second-order valence-electron chi connectivity index (χ2n) is 21.2. The van der Waals surface area contributed by atoms with Gasteiger partial charge in [0.05, 0.1) is 11.3 Å². The lowest BCUT2D eigenvalue weighted by molar-refractivity contribution is -0.145. The first-order chi connectivity index (χ1) is 25.8. The summed E-state index contributed by atoms with van der Waals surface area (Å²) in [6.45, 7) is 23.0. The molecule has 6 rings (SSSR count). The molecule has 5 amide bonds. The van der Waals surface area contributed by atoms with Crippen molar-refractivity contribution in [1.29, 1.82) is 0 Å². The Bertz CT molecular complexity index is 1720. The minimum Gasteiger partial charge on any atom is -0.342 e. The van der Waals surface area contributed by atoms with Crippen molar-refractivity contribution in [3.05, 3.63) is 0 Å². The van der Waals surface area contributed by atoms with Gasteiger partial charge in [-0.25, -0.2) is 8.42 Å². The molecule has 6 aliphatic rings. The summed E-state index contributed by atoms with van der Waals surface area (Å²) >= 11 is 0. The number of amides is 5. The van der Waals surface area contributed by atoms with Gasteiger partial charge in [-0.1, -0.05) is 81.6 Å². The van der Waals surface area contributed by atoms with Crippen molar-refractivity contribution in [3.8, 4) is 0 Å². The molecule has 0 aromatic heterocycles. The molecule has 2 heterocycles. The maximum absolute atomic E-state index is 15.1. The van der Waals surface area contributed by atoms with Crippen LogP contribution in [-0.4, -0.2) is 102 Å². The van der Waals surface area contributed by atoms with Gasteiger partial charge in [0, 0.05) is 18.0 Å². The molecule has 0 aromatic carbocycles. The molecule has 2 aliphatic heterocycles. The van der Waals surface area contributed by atoms with Crippen LogP contribution in [-0.2, 0) is 34.0 Å². The maximum atomic E-state index is 15.1. The molecule has 0 radical (unpaired) electrons. The van der Waals surface area contributed by atoms with Crippen LogP contribution in [0, 0.1) is 33.0 Å². The fourth-order valence-electron chi connectivity index (χ4n) is 11.2. The first-order valence-electron chi connectivity index (χ1n) is 21.4. The summed E-state index contributed by atoms with van der Waals surface area (Å²) in [7, 11) is -3.84. The number of nitrogens with zero attached hydrogens (tertiary/aromatic N) is 2. The average molecular weight is 803 g/mol. The van der Waals surface area contributed by atoms with E-state index in [1.807, 2.05) is 48.5 Å². The van der Waals surface area contributed by atoms with E-state index in [9.17, 15) is 27.6 Å². The lowest BCUT2D eigenvalue weighted by Gasteiger charge is -2.40. The van der Waals surface area contributed by atoms with Crippen LogP contribution in [0.1, 0.15) is 147 Å². The Labute approximate surface area is 335 Å². The summed E-state index contributed by atoms with van der Waals surface area (Å²) in [5, 5.41) is 8.57. The van der Waals surface area contributed by atoms with Crippen LogP contribution in [0.5, 0.6) is 0 Å². The molecule has 56 heavy (non-hydrogen) atoms. The van der Waals surface area contributed by atoms with Gasteiger partial charge in [-0.05, 0) is 99.3 Å². The van der Waals surface area contributed by atoms with E-state index in [2.05, 4.69) is 53.3 Å². The normalized spacial score (nSPS) is 32.0. The zero-order chi connectivity index (χ0) is 41.6. The molecular formula is C42H70N6O7S. The smallest absolute Gasteiger partial charge is 0.259 e. The van der Waals surface area contributed by atoms with Crippen LogP contribution in [0.25, 0.3) is 0 Å². The summed E-state index contributed by atoms with van der Waals surface area (Å²) in [6, 6.07) is -3.06. The predicted molar refractivity (Wildman–Crippen MR) is 214 cm³/mol. The summed E-state index contributed by atoms with van der Waals surface area (Å²) in [6.07, 6.45) is 8.10. The number of hydrogen-bond acceptors (Lipinski definition) is 8. The Morgan fingerprint density at radius 2 is 1.41 bits per heavy atom. The van der Waals surface area contributed by atoms with E-state index in [1.165, 1.54) is 0 Å². The van der Waals surface area contributed by atoms with E-state index in [1.54, 1.807) is 4.90 Å². The topological polar surface area (TPSA) is 174 Å². The lowest BCUT2D eigenvalue weighted by atomic mass is 9.73. The fourth-order valence-corrected chi connectivity index (χ4v) is 12.5. The first-order valence-corrected chi connectivity index (χ1v) is 22.9. The van der Waals surface area contributed by atoms with Crippen LogP contribution in [0.2, 0.25) is 0 Å². The van der Waals surface area contributed by atoms with Gasteiger partial charge in [0.2, 0.25) is 33.7 Å². The van der Waals surface area contributed by atoms with E-state index < -0.39 is 67.5 Å². The summed E-state index contributed by atoms with van der Waals surface area (Å²) in [4.78, 5) is 75.6. The van der Waals surface area contributed by atoms with Crippen LogP contribution >= 0.6 is 0 Å². The van der Waals surface area contributed by atoms with Crippen LogP contribution in [0.15, 0.2) is 0 Å². The van der Waals surface area contributed by atoms with E-state index in [0.29, 0.717) is 45.1 Å². The van der Waals surface area contributed by atoms with Crippen molar-refractivity contribution in [2.24, 2.45) is 33.0 Å². The SMILES string of the molecule is CC[C@@H]1C[C@]1(NC(=O)[C@@H]1C[C@@]2(CN1C(=O)[C@@H](NC(=O)[C@@H](NC(=O)[C@@H]1CCCCN1C(C)C)C(C)(C)C)C(C)(C)C)C(C)(C)C21CCC1)C(=O)NS(=O)(=O)C1CC1. The minimum absolute atomic E-state index is 0.00240. The molecule has 7 atom stereocenters. The van der Waals surface area contributed by atoms with Crippen molar-refractivity contribution in [3.63, 3.8) is 0 Å². The molecule has 4 saturated carbocycles. The number of nitrogens with one attached hydrogen (secondary N) is 4. The molecule has 14 heteroatoms. The van der Waals surface area contributed by atoms with Crippen molar-refractivity contribution in [1.82, 2.24) is 30.5 Å². The fraction of sp³-hybridized carbons (Fsp3) is 0.881. The summed E-state index contributed by atoms with van der Waals surface area (Å²) in [5.41, 5.74) is -3.27. The number of rotatable bonds is 12. The molecule has 2 saturated heterocycles. The highest BCUT2D eigenvalue weighted by atomic mass is 32.2. The van der Waals surface area contributed by atoms with Crippen molar-refractivity contribution in [2.75, 3.05) is 13.1 Å². The van der Waals surface area contributed by atoms with E-state index in [-0.39, 0.29) is 46.1 Å². The highest BCUT2D eigenvalue weighted by molar-refractivity contribution is 7.91. The van der Waals surface area contributed by atoms with Crippen molar-refractivity contribution in [2.45, 2.75) is 188 Å². The Morgan fingerprint density at radius 1 is 0.786 bits per heavy atom. The number of sulfonamides is 1. The van der Waals surface area contributed by atoms with Gasteiger partial charge >= 0.3 is 0 Å². The minimum atomic E-state index is -3.84. The zero-order valence-electron chi connectivity index (χ0n) is 35.9. The molecule has 4 aliphatic carbocycles. The molecule has 6 fully saturated rings. The molecule has 0 aromatic rings. The third-order valence-corrected chi connectivity index (χ3v) is 17.1. The number of fused-ring (bicyclic) bond motifs is 1. The van der Waals surface area contributed by atoms with Crippen molar-refractivity contribution >= 4 is 39.6 Å². The Kier molecular flexibility index (Phi) is 10.9. The van der Waals surface area contributed by atoms with E-state index >= 15 is 4.79 Å². The second kappa shape index (κ2) is 14.2. The molecular weight excluding hydrogens is 733 g/mol. The van der Waals surface area contributed by atoms with Crippen LogP contribution < -0.4 is 20.7 Å². The monoisotopic (exact) mass is 803 g/mol. The van der Waals surface area contributed by atoms with E-state index in [0.717, 1.165) is 38.6 Å². The molecule has 2 spiro atoms. The van der Waals surface area contributed by atoms with Crippen molar-refractivity contribution < 1.29 is 32.4 Å². The number of carbonyl (C=O) groups is 5. The number of likely N-dealkylation sites (tertiary alicyclic amines) is 2. The standard InChI is InChI=1S/C42H70N6O7S/c1-12-26-22-42(26,36(53)46-56(54,55)27-17-18-27)45-33(50)29-23-41(39(10,11)40(41)19-15-20-40)24-48(29)35(52)31(38(7,8)9)44-34(51)30(37(4,5)6)43-32(49)28-16-13-14-21-47(28)25(2)3/h25-31H,12-24H2,1-11H3,(H,43,49)(H,44,51)(H,45,50)(H,46,53)/t26-,28+,29+,30-,31-,41-,42-/m1/s1. The third-order valence-electron chi connectivity index (χ3n) is 15.3. The Hall–Kier alpha value is -2.74. The maximum Gasteiger partial charge on any atom is 0.259 e. The second-order valence-corrected chi connectivity index (χ2v) is 23.2. The first kappa shape index (κ1) is 42.9. The number of piperidine rings is 1. The largest absolute Gasteiger partial charge is 0.342 e. The van der Waals surface area contributed by atoms with Gasteiger partial charge in [0.25, 0.3) is 5.91 Å². The van der Waals surface area contributed by atoms with Crippen LogP contribution in [0.4, 0.5) is 0 Å². The molecule has 0 bridgehead atoms. The molecule has 0 unspecified atom stereocenters. The third kappa shape index (κ3) is 7.08. The quantitative estimate of drug-likeness (QED) is 0.229. The van der Waals surface area contributed by atoms with E-state index in [4.69, 9.17) is 0 Å².